The summed E-state index contributed by atoms with van der Waals surface area (Å²) < 4.78 is 11.7. The summed E-state index contributed by atoms with van der Waals surface area (Å²) in [4.78, 5) is 23.2. The Bertz CT molecular complexity index is 982. The molecule has 0 N–H and O–H groups in total. The smallest absolute Gasteiger partial charge is 0.342 e. The Labute approximate surface area is 155 Å². The van der Waals surface area contributed by atoms with E-state index in [4.69, 9.17) is 9.47 Å². The second-order valence-electron chi connectivity index (χ2n) is 5.54. The molecule has 0 saturated carbocycles. The van der Waals surface area contributed by atoms with E-state index < -0.39 is 10.9 Å². The van der Waals surface area contributed by atoms with Gasteiger partial charge in [-0.05, 0) is 31.2 Å². The molecule has 1 aromatic heterocycles. The standard InChI is InChI=1S/C19H17N3O5/c1-3-27-19(23)15-12-21(14-7-5-4-6-8-14)20-18(15)13-9-10-17(26-2)16(11-13)22(24)25/h4-12H,3H2,1-2H3. The van der Waals surface area contributed by atoms with Crippen molar-refractivity contribution < 1.29 is 19.2 Å². The first-order valence-corrected chi connectivity index (χ1v) is 8.20. The SMILES string of the molecule is CCOC(=O)c1cn(-c2ccccc2)nc1-c1ccc(OC)c([N+](=O)[O-])c1. The molecular formula is C19H17N3O5. The molecule has 1 heterocycles. The number of hydrogen-bond acceptors (Lipinski definition) is 6. The summed E-state index contributed by atoms with van der Waals surface area (Å²) in [5.74, 6) is -0.419. The van der Waals surface area contributed by atoms with E-state index in [2.05, 4.69) is 5.10 Å². The summed E-state index contributed by atoms with van der Waals surface area (Å²) >= 11 is 0. The van der Waals surface area contributed by atoms with Crippen LogP contribution in [0.1, 0.15) is 17.3 Å². The van der Waals surface area contributed by atoms with Crippen LogP contribution in [0.2, 0.25) is 0 Å². The zero-order valence-electron chi connectivity index (χ0n) is 14.8. The lowest BCUT2D eigenvalue weighted by molar-refractivity contribution is -0.385. The molecule has 138 valence electrons. The number of carbonyl (C=O) groups excluding carboxylic acids is 1. The van der Waals surface area contributed by atoms with Gasteiger partial charge in [-0.2, -0.15) is 5.10 Å². The van der Waals surface area contributed by atoms with Crippen molar-refractivity contribution in [1.82, 2.24) is 9.78 Å². The minimum absolute atomic E-state index is 0.129. The fourth-order valence-corrected chi connectivity index (χ4v) is 2.64. The summed E-state index contributed by atoms with van der Waals surface area (Å²) in [6.45, 7) is 1.91. The van der Waals surface area contributed by atoms with Gasteiger partial charge >= 0.3 is 11.7 Å². The highest BCUT2D eigenvalue weighted by molar-refractivity contribution is 5.96. The molecule has 0 amide bonds. The molecule has 8 nitrogen and oxygen atoms in total. The third kappa shape index (κ3) is 3.64. The molecule has 0 saturated heterocycles. The van der Waals surface area contributed by atoms with Crippen molar-refractivity contribution in [3.63, 3.8) is 0 Å². The molecule has 8 heteroatoms. The lowest BCUT2D eigenvalue weighted by Gasteiger charge is -2.05. The Balaban J connectivity index is 2.16. The molecule has 0 aliphatic carbocycles. The Morgan fingerprint density at radius 2 is 1.96 bits per heavy atom. The number of hydrogen-bond donors (Lipinski definition) is 0. The third-order valence-electron chi connectivity index (χ3n) is 3.88. The zero-order valence-corrected chi connectivity index (χ0v) is 14.8. The maximum absolute atomic E-state index is 12.4. The number of ether oxygens (including phenoxy) is 2. The molecular weight excluding hydrogens is 350 g/mol. The molecule has 0 unspecified atom stereocenters. The van der Waals surface area contributed by atoms with E-state index in [-0.39, 0.29) is 23.6 Å². The average molecular weight is 367 g/mol. The second-order valence-corrected chi connectivity index (χ2v) is 5.54. The molecule has 0 radical (unpaired) electrons. The quantitative estimate of drug-likeness (QED) is 0.375. The first-order chi connectivity index (χ1) is 13.0. The summed E-state index contributed by atoms with van der Waals surface area (Å²) in [5.41, 5.74) is 1.47. The maximum atomic E-state index is 12.4. The minimum Gasteiger partial charge on any atom is -0.490 e. The number of methoxy groups -OCH3 is 1. The number of nitro groups is 1. The Morgan fingerprint density at radius 3 is 2.59 bits per heavy atom. The van der Waals surface area contributed by atoms with Crippen LogP contribution in [0.4, 0.5) is 5.69 Å². The molecule has 27 heavy (non-hydrogen) atoms. The molecule has 3 aromatic rings. The Morgan fingerprint density at radius 1 is 1.22 bits per heavy atom. The van der Waals surface area contributed by atoms with E-state index in [1.54, 1.807) is 19.2 Å². The van der Waals surface area contributed by atoms with Crippen LogP contribution in [0.25, 0.3) is 16.9 Å². The number of benzene rings is 2. The van der Waals surface area contributed by atoms with Gasteiger partial charge in [0.15, 0.2) is 5.75 Å². The van der Waals surface area contributed by atoms with E-state index in [0.29, 0.717) is 11.3 Å². The largest absolute Gasteiger partial charge is 0.490 e. The van der Waals surface area contributed by atoms with Crippen molar-refractivity contribution in [2.24, 2.45) is 0 Å². The summed E-state index contributed by atoms with van der Waals surface area (Å²) in [5, 5.41) is 15.8. The van der Waals surface area contributed by atoms with E-state index in [1.165, 1.54) is 23.9 Å². The van der Waals surface area contributed by atoms with Crippen LogP contribution in [0.5, 0.6) is 5.75 Å². The minimum atomic E-state index is -0.548. The van der Waals surface area contributed by atoms with Crippen LogP contribution in [0.15, 0.2) is 54.7 Å². The lowest BCUT2D eigenvalue weighted by atomic mass is 10.1. The fraction of sp³-hybridized carbons (Fsp3) is 0.158. The van der Waals surface area contributed by atoms with Gasteiger partial charge in [0.2, 0.25) is 0 Å². The van der Waals surface area contributed by atoms with Gasteiger partial charge in [-0.1, -0.05) is 18.2 Å². The van der Waals surface area contributed by atoms with Gasteiger partial charge in [0, 0.05) is 17.8 Å². The lowest BCUT2D eigenvalue weighted by Crippen LogP contribution is -2.05. The van der Waals surface area contributed by atoms with Gasteiger partial charge < -0.3 is 9.47 Å². The highest BCUT2D eigenvalue weighted by atomic mass is 16.6. The number of carbonyl (C=O) groups is 1. The highest BCUT2D eigenvalue weighted by Crippen LogP contribution is 2.33. The van der Waals surface area contributed by atoms with Crippen molar-refractivity contribution in [3.8, 4) is 22.7 Å². The number of esters is 1. The van der Waals surface area contributed by atoms with Crippen molar-refractivity contribution >= 4 is 11.7 Å². The first-order valence-electron chi connectivity index (χ1n) is 8.20. The predicted octanol–water partition coefficient (Wildman–Crippen LogP) is 3.63. The van der Waals surface area contributed by atoms with Gasteiger partial charge in [0.1, 0.15) is 11.3 Å². The van der Waals surface area contributed by atoms with Gasteiger partial charge in [-0.25, -0.2) is 9.48 Å². The van der Waals surface area contributed by atoms with Crippen LogP contribution in [-0.4, -0.2) is 34.4 Å². The number of aromatic nitrogens is 2. The van der Waals surface area contributed by atoms with Gasteiger partial charge in [0.05, 0.1) is 24.3 Å². The second kappa shape index (κ2) is 7.69. The average Bonchev–Trinajstić information content (AvgIpc) is 3.14. The van der Waals surface area contributed by atoms with Crippen LogP contribution in [0.3, 0.4) is 0 Å². The van der Waals surface area contributed by atoms with Gasteiger partial charge in [-0.3, -0.25) is 10.1 Å². The van der Waals surface area contributed by atoms with Crippen molar-refractivity contribution in [2.45, 2.75) is 6.92 Å². The van der Waals surface area contributed by atoms with Crippen LogP contribution in [-0.2, 0) is 4.74 Å². The molecule has 0 aliphatic rings. The summed E-state index contributed by atoms with van der Waals surface area (Å²) in [6, 6.07) is 13.7. The topological polar surface area (TPSA) is 96.5 Å². The predicted molar refractivity (Wildman–Crippen MR) is 98.2 cm³/mol. The number of para-hydroxylation sites is 1. The van der Waals surface area contributed by atoms with Gasteiger partial charge in [0.25, 0.3) is 0 Å². The first kappa shape index (κ1) is 18.1. The van der Waals surface area contributed by atoms with Crippen LogP contribution >= 0.6 is 0 Å². The van der Waals surface area contributed by atoms with Crippen LogP contribution < -0.4 is 4.74 Å². The van der Waals surface area contributed by atoms with Crippen molar-refractivity contribution in [3.05, 3.63) is 70.4 Å². The molecule has 0 aliphatic heterocycles. The fourth-order valence-electron chi connectivity index (χ4n) is 2.64. The van der Waals surface area contributed by atoms with Crippen molar-refractivity contribution in [1.29, 1.82) is 0 Å². The van der Waals surface area contributed by atoms with E-state index in [9.17, 15) is 14.9 Å². The van der Waals surface area contributed by atoms with E-state index in [1.807, 2.05) is 30.3 Å². The van der Waals surface area contributed by atoms with Gasteiger partial charge in [-0.15, -0.1) is 0 Å². The third-order valence-corrected chi connectivity index (χ3v) is 3.88. The van der Waals surface area contributed by atoms with Crippen LogP contribution in [0, 0.1) is 10.1 Å². The van der Waals surface area contributed by atoms with Crippen molar-refractivity contribution in [2.75, 3.05) is 13.7 Å². The number of nitrogens with zero attached hydrogens (tertiary/aromatic N) is 3. The molecule has 0 atom stereocenters. The molecule has 3 rings (SSSR count). The normalized spacial score (nSPS) is 10.4. The van der Waals surface area contributed by atoms with E-state index >= 15 is 0 Å². The molecule has 0 spiro atoms. The maximum Gasteiger partial charge on any atom is 0.342 e. The molecule has 0 bridgehead atoms. The summed E-state index contributed by atoms with van der Waals surface area (Å²) in [6.07, 6.45) is 1.55. The number of rotatable bonds is 6. The van der Waals surface area contributed by atoms with E-state index in [0.717, 1.165) is 5.69 Å². The zero-order chi connectivity index (χ0) is 19.4. The highest BCUT2D eigenvalue weighted by Gasteiger charge is 2.23. The number of nitro benzene ring substituents is 1. The Kier molecular flexibility index (Phi) is 5.16. The monoisotopic (exact) mass is 367 g/mol. The molecule has 2 aromatic carbocycles. The molecule has 0 fully saturated rings. The summed E-state index contributed by atoms with van der Waals surface area (Å²) in [7, 11) is 1.36. The Hall–Kier alpha value is -3.68.